The quantitative estimate of drug-likeness (QED) is 0.868. The number of nitrogens with one attached hydrogen (secondary N) is 1. The average Bonchev–Trinajstić information content (AvgIpc) is 3.20. The second kappa shape index (κ2) is 4.59. The number of hydrogen-bond acceptors (Lipinski definition) is 2. The Labute approximate surface area is 119 Å². The first-order chi connectivity index (χ1) is 9.74. The molecule has 20 heavy (non-hydrogen) atoms. The molecule has 2 fully saturated rings. The summed E-state index contributed by atoms with van der Waals surface area (Å²) < 4.78 is 0. The van der Waals surface area contributed by atoms with Crippen molar-refractivity contribution in [2.75, 3.05) is 5.32 Å². The van der Waals surface area contributed by atoms with E-state index in [1.165, 1.54) is 36.8 Å². The Morgan fingerprint density at radius 2 is 1.90 bits per heavy atom. The van der Waals surface area contributed by atoms with Crippen LogP contribution in [0.3, 0.4) is 0 Å². The first-order valence-electron chi connectivity index (χ1n) is 7.92. The van der Waals surface area contributed by atoms with Crippen LogP contribution in [0.1, 0.15) is 49.3 Å². The molecule has 3 atom stereocenters. The van der Waals surface area contributed by atoms with Crippen LogP contribution < -0.4 is 11.1 Å². The zero-order valence-electron chi connectivity index (χ0n) is 11.8. The summed E-state index contributed by atoms with van der Waals surface area (Å²) >= 11 is 0. The summed E-state index contributed by atoms with van der Waals surface area (Å²) in [5.74, 6) is 2.60. The summed E-state index contributed by atoms with van der Waals surface area (Å²) in [6.45, 7) is 0. The summed E-state index contributed by atoms with van der Waals surface area (Å²) in [5.41, 5.74) is 10.0. The van der Waals surface area contributed by atoms with Crippen LogP contribution in [0.15, 0.2) is 18.2 Å². The van der Waals surface area contributed by atoms with E-state index >= 15 is 0 Å². The predicted molar refractivity (Wildman–Crippen MR) is 79.3 cm³/mol. The Morgan fingerprint density at radius 3 is 2.65 bits per heavy atom. The van der Waals surface area contributed by atoms with Crippen LogP contribution >= 0.6 is 0 Å². The van der Waals surface area contributed by atoms with E-state index in [-0.39, 0.29) is 11.9 Å². The third-order valence-electron chi connectivity index (χ3n) is 5.55. The molecule has 4 rings (SSSR count). The normalized spacial score (nSPS) is 32.9. The lowest BCUT2D eigenvalue weighted by Gasteiger charge is -2.20. The van der Waals surface area contributed by atoms with Crippen LogP contribution in [0, 0.1) is 17.8 Å². The molecule has 1 aromatic rings. The molecule has 3 nitrogen and oxygen atoms in total. The van der Waals surface area contributed by atoms with Gasteiger partial charge in [0.2, 0.25) is 5.91 Å². The minimum absolute atomic E-state index is 0.128. The van der Waals surface area contributed by atoms with Gasteiger partial charge in [-0.3, -0.25) is 4.79 Å². The lowest BCUT2D eigenvalue weighted by atomic mass is 9.94. The molecule has 0 radical (unpaired) electrons. The second-order valence-corrected chi connectivity index (χ2v) is 6.68. The molecule has 3 aliphatic rings. The Bertz CT molecular complexity index is 542. The molecule has 0 bridgehead atoms. The minimum atomic E-state index is 0.128. The second-order valence-electron chi connectivity index (χ2n) is 6.68. The first-order valence-corrected chi connectivity index (χ1v) is 7.92. The molecule has 106 valence electrons. The van der Waals surface area contributed by atoms with E-state index in [1.54, 1.807) is 0 Å². The molecule has 1 amide bonds. The molecular weight excluding hydrogens is 248 g/mol. The van der Waals surface area contributed by atoms with E-state index in [4.69, 9.17) is 5.73 Å². The SMILES string of the molecule is NC(c1ccc2c(c1)CCC(=O)N2)C1C2CCCCC21. The number of carbonyl (C=O) groups is 1. The van der Waals surface area contributed by atoms with Crippen molar-refractivity contribution in [3.63, 3.8) is 0 Å². The molecule has 0 spiro atoms. The monoisotopic (exact) mass is 270 g/mol. The largest absolute Gasteiger partial charge is 0.326 e. The summed E-state index contributed by atoms with van der Waals surface area (Å²) in [6.07, 6.45) is 6.98. The average molecular weight is 270 g/mol. The van der Waals surface area contributed by atoms with Crippen molar-refractivity contribution in [2.45, 2.75) is 44.6 Å². The fourth-order valence-electron chi connectivity index (χ4n) is 4.41. The molecule has 1 aliphatic heterocycles. The summed E-state index contributed by atoms with van der Waals surface area (Å²) in [4.78, 5) is 11.4. The molecule has 3 unspecified atom stereocenters. The summed E-state index contributed by atoms with van der Waals surface area (Å²) in [7, 11) is 0. The lowest BCUT2D eigenvalue weighted by Crippen LogP contribution is -2.20. The highest BCUT2D eigenvalue weighted by atomic mass is 16.1. The van der Waals surface area contributed by atoms with Gasteiger partial charge in [0.05, 0.1) is 0 Å². The fraction of sp³-hybridized carbons (Fsp3) is 0.588. The minimum Gasteiger partial charge on any atom is -0.326 e. The van der Waals surface area contributed by atoms with Gasteiger partial charge in [0.1, 0.15) is 0 Å². The highest BCUT2D eigenvalue weighted by molar-refractivity contribution is 5.93. The van der Waals surface area contributed by atoms with Crippen molar-refractivity contribution in [2.24, 2.45) is 23.5 Å². The molecule has 0 saturated heterocycles. The number of hydrogen-bond donors (Lipinski definition) is 2. The predicted octanol–water partition coefficient (Wildman–Crippen LogP) is 3.01. The van der Waals surface area contributed by atoms with E-state index in [0.29, 0.717) is 12.3 Å². The molecule has 2 aliphatic carbocycles. The van der Waals surface area contributed by atoms with Gasteiger partial charge in [-0.1, -0.05) is 25.0 Å². The smallest absolute Gasteiger partial charge is 0.224 e. The van der Waals surface area contributed by atoms with Gasteiger partial charge in [-0.15, -0.1) is 0 Å². The molecule has 0 aromatic heterocycles. The van der Waals surface area contributed by atoms with E-state index in [1.807, 2.05) is 6.07 Å². The molecule has 1 heterocycles. The van der Waals surface area contributed by atoms with Gasteiger partial charge in [-0.2, -0.15) is 0 Å². The third-order valence-corrected chi connectivity index (χ3v) is 5.55. The van der Waals surface area contributed by atoms with Crippen molar-refractivity contribution >= 4 is 11.6 Å². The number of aryl methyl sites for hydroxylation is 1. The van der Waals surface area contributed by atoms with Crippen molar-refractivity contribution < 1.29 is 4.79 Å². The number of rotatable bonds is 2. The summed E-state index contributed by atoms with van der Waals surface area (Å²) in [6, 6.07) is 6.56. The Kier molecular flexibility index (Phi) is 2.84. The number of anilines is 1. The lowest BCUT2D eigenvalue weighted by molar-refractivity contribution is -0.116. The van der Waals surface area contributed by atoms with Gasteiger partial charge in [-0.25, -0.2) is 0 Å². The van der Waals surface area contributed by atoms with Crippen LogP contribution in [0.5, 0.6) is 0 Å². The van der Waals surface area contributed by atoms with Crippen molar-refractivity contribution in [1.29, 1.82) is 0 Å². The van der Waals surface area contributed by atoms with Gasteiger partial charge in [0.25, 0.3) is 0 Å². The van der Waals surface area contributed by atoms with E-state index in [9.17, 15) is 4.79 Å². The van der Waals surface area contributed by atoms with Gasteiger partial charge < -0.3 is 11.1 Å². The number of fused-ring (bicyclic) bond motifs is 2. The van der Waals surface area contributed by atoms with Crippen molar-refractivity contribution in [3.05, 3.63) is 29.3 Å². The van der Waals surface area contributed by atoms with E-state index < -0.39 is 0 Å². The van der Waals surface area contributed by atoms with E-state index in [0.717, 1.165) is 23.9 Å². The zero-order valence-corrected chi connectivity index (χ0v) is 11.8. The standard InChI is InChI=1S/C17H22N2O/c18-17(16-12-3-1-2-4-13(12)16)11-5-7-14-10(9-11)6-8-15(20)19-14/h5,7,9,12-13,16-17H,1-4,6,8,18H2,(H,19,20). The highest BCUT2D eigenvalue weighted by Crippen LogP contribution is 2.59. The van der Waals surface area contributed by atoms with Gasteiger partial charge in [0.15, 0.2) is 0 Å². The van der Waals surface area contributed by atoms with Crippen molar-refractivity contribution in [1.82, 2.24) is 0 Å². The molecular formula is C17H22N2O. The number of carbonyl (C=O) groups excluding carboxylic acids is 1. The first kappa shape index (κ1) is 12.4. The van der Waals surface area contributed by atoms with E-state index in [2.05, 4.69) is 17.4 Å². The van der Waals surface area contributed by atoms with Crippen LogP contribution in [-0.4, -0.2) is 5.91 Å². The fourth-order valence-corrected chi connectivity index (χ4v) is 4.41. The van der Waals surface area contributed by atoms with Crippen LogP contribution in [0.25, 0.3) is 0 Å². The van der Waals surface area contributed by atoms with Gasteiger partial charge in [0, 0.05) is 18.2 Å². The van der Waals surface area contributed by atoms with Gasteiger partial charge >= 0.3 is 0 Å². The molecule has 1 aromatic carbocycles. The molecule has 3 heteroatoms. The maximum Gasteiger partial charge on any atom is 0.224 e. The number of amides is 1. The zero-order chi connectivity index (χ0) is 13.7. The Balaban J connectivity index is 1.55. The number of nitrogens with two attached hydrogens (primary N) is 1. The maximum atomic E-state index is 11.4. The molecule has 3 N–H and O–H groups in total. The third kappa shape index (κ3) is 1.96. The topological polar surface area (TPSA) is 55.1 Å². The Hall–Kier alpha value is -1.35. The van der Waals surface area contributed by atoms with Crippen LogP contribution in [0.2, 0.25) is 0 Å². The van der Waals surface area contributed by atoms with Crippen LogP contribution in [-0.2, 0) is 11.2 Å². The molecule has 2 saturated carbocycles. The number of benzene rings is 1. The summed E-state index contributed by atoms with van der Waals surface area (Å²) in [5, 5.41) is 2.94. The van der Waals surface area contributed by atoms with Crippen molar-refractivity contribution in [3.8, 4) is 0 Å². The maximum absolute atomic E-state index is 11.4. The highest BCUT2D eigenvalue weighted by Gasteiger charge is 2.53. The Morgan fingerprint density at radius 1 is 1.15 bits per heavy atom. The van der Waals surface area contributed by atoms with Gasteiger partial charge in [-0.05, 0) is 54.2 Å². The van der Waals surface area contributed by atoms with Crippen LogP contribution in [0.4, 0.5) is 5.69 Å².